The summed E-state index contributed by atoms with van der Waals surface area (Å²) >= 11 is 0. The first-order valence-electron chi connectivity index (χ1n) is 5.29. The molecule has 1 aromatic heterocycles. The SMILES string of the molecule is COCCC(NC(=O)NCc1ccno1)C(=O)O. The van der Waals surface area contributed by atoms with Crippen LogP contribution < -0.4 is 10.6 Å². The lowest BCUT2D eigenvalue weighted by atomic mass is 10.2. The molecule has 0 aromatic carbocycles. The summed E-state index contributed by atoms with van der Waals surface area (Å²) in [5, 5.41) is 17.1. The summed E-state index contributed by atoms with van der Waals surface area (Å²) in [5.41, 5.74) is 0. The van der Waals surface area contributed by atoms with E-state index >= 15 is 0 Å². The number of nitrogens with zero attached hydrogens (tertiary/aromatic N) is 1. The van der Waals surface area contributed by atoms with E-state index in [4.69, 9.17) is 14.4 Å². The molecule has 0 saturated carbocycles. The van der Waals surface area contributed by atoms with Crippen LogP contribution in [0, 0.1) is 0 Å². The van der Waals surface area contributed by atoms with E-state index in [0.29, 0.717) is 5.76 Å². The number of carboxylic acid groups (broad SMARTS) is 1. The predicted octanol–water partition coefficient (Wildman–Crippen LogP) is -0.0365. The Morgan fingerprint density at radius 1 is 1.61 bits per heavy atom. The largest absolute Gasteiger partial charge is 0.480 e. The van der Waals surface area contributed by atoms with Gasteiger partial charge in [0.1, 0.15) is 6.04 Å². The van der Waals surface area contributed by atoms with Gasteiger partial charge in [0.15, 0.2) is 5.76 Å². The Hall–Kier alpha value is -2.09. The summed E-state index contributed by atoms with van der Waals surface area (Å²) < 4.78 is 9.54. The second-order valence-electron chi connectivity index (χ2n) is 3.48. The van der Waals surface area contributed by atoms with Crippen LogP contribution in [0.2, 0.25) is 0 Å². The van der Waals surface area contributed by atoms with Crippen molar-refractivity contribution in [2.24, 2.45) is 0 Å². The molecule has 1 heterocycles. The number of rotatable bonds is 7. The van der Waals surface area contributed by atoms with Crippen molar-refractivity contribution in [2.75, 3.05) is 13.7 Å². The van der Waals surface area contributed by atoms with Gasteiger partial charge in [0.2, 0.25) is 0 Å². The Morgan fingerprint density at radius 2 is 2.39 bits per heavy atom. The number of methoxy groups -OCH3 is 1. The van der Waals surface area contributed by atoms with Gasteiger partial charge in [0.05, 0.1) is 12.7 Å². The number of urea groups is 1. The van der Waals surface area contributed by atoms with E-state index in [1.54, 1.807) is 6.07 Å². The minimum Gasteiger partial charge on any atom is -0.480 e. The normalized spacial score (nSPS) is 11.8. The van der Waals surface area contributed by atoms with Crippen molar-refractivity contribution in [3.05, 3.63) is 18.0 Å². The smallest absolute Gasteiger partial charge is 0.326 e. The zero-order chi connectivity index (χ0) is 13.4. The second-order valence-corrected chi connectivity index (χ2v) is 3.48. The molecule has 8 heteroatoms. The Bertz CT molecular complexity index is 379. The fourth-order valence-electron chi connectivity index (χ4n) is 1.20. The fraction of sp³-hybridized carbons (Fsp3) is 0.500. The summed E-state index contributed by atoms with van der Waals surface area (Å²) in [6.45, 7) is 0.391. The zero-order valence-electron chi connectivity index (χ0n) is 9.88. The van der Waals surface area contributed by atoms with Crippen LogP contribution >= 0.6 is 0 Å². The third kappa shape index (κ3) is 4.83. The summed E-state index contributed by atoms with van der Waals surface area (Å²) in [6, 6.07) is 0.0226. The number of hydrogen-bond donors (Lipinski definition) is 3. The van der Waals surface area contributed by atoms with Crippen molar-refractivity contribution in [3.63, 3.8) is 0 Å². The van der Waals surface area contributed by atoms with Gasteiger partial charge in [-0.05, 0) is 0 Å². The monoisotopic (exact) mass is 257 g/mol. The molecule has 0 fully saturated rings. The highest BCUT2D eigenvalue weighted by molar-refractivity contribution is 5.82. The van der Waals surface area contributed by atoms with E-state index < -0.39 is 18.0 Å². The molecule has 0 radical (unpaired) electrons. The number of hydrogen-bond acceptors (Lipinski definition) is 5. The maximum atomic E-state index is 11.4. The number of carbonyl (C=O) groups is 2. The van der Waals surface area contributed by atoms with Crippen LogP contribution in [0.1, 0.15) is 12.2 Å². The highest BCUT2D eigenvalue weighted by atomic mass is 16.5. The first-order chi connectivity index (χ1) is 8.63. The van der Waals surface area contributed by atoms with E-state index in [1.807, 2.05) is 0 Å². The van der Waals surface area contributed by atoms with Crippen molar-refractivity contribution < 1.29 is 24.0 Å². The molecule has 1 aromatic rings. The number of carboxylic acids is 1. The number of amides is 2. The third-order valence-corrected chi connectivity index (χ3v) is 2.13. The van der Waals surface area contributed by atoms with Gasteiger partial charge in [-0.2, -0.15) is 0 Å². The molecule has 8 nitrogen and oxygen atoms in total. The van der Waals surface area contributed by atoms with Gasteiger partial charge >= 0.3 is 12.0 Å². The highest BCUT2D eigenvalue weighted by Crippen LogP contribution is 1.96. The van der Waals surface area contributed by atoms with Gasteiger partial charge in [-0.15, -0.1) is 0 Å². The van der Waals surface area contributed by atoms with E-state index in [0.717, 1.165) is 0 Å². The molecule has 0 aliphatic rings. The standard InChI is InChI=1S/C10H15N3O5/c1-17-5-3-8(9(14)15)13-10(16)11-6-7-2-4-12-18-7/h2,4,8H,3,5-6H2,1H3,(H,14,15)(H2,11,13,16). The highest BCUT2D eigenvalue weighted by Gasteiger charge is 2.19. The number of aromatic nitrogens is 1. The molecule has 0 bridgehead atoms. The topological polar surface area (TPSA) is 114 Å². The molecule has 0 aliphatic heterocycles. The number of carbonyl (C=O) groups excluding carboxylic acids is 1. The van der Waals surface area contributed by atoms with Crippen LogP contribution in [0.15, 0.2) is 16.8 Å². The summed E-state index contributed by atoms with van der Waals surface area (Å²) in [5.74, 6) is -0.629. The van der Waals surface area contributed by atoms with Crippen LogP contribution in [0.5, 0.6) is 0 Å². The molecule has 1 unspecified atom stereocenters. The number of nitrogens with one attached hydrogen (secondary N) is 2. The molecule has 1 rings (SSSR count). The maximum absolute atomic E-state index is 11.4. The molecule has 1 atom stereocenters. The first-order valence-corrected chi connectivity index (χ1v) is 5.29. The van der Waals surface area contributed by atoms with Crippen molar-refractivity contribution in [2.45, 2.75) is 19.0 Å². The van der Waals surface area contributed by atoms with Crippen molar-refractivity contribution >= 4 is 12.0 Å². The predicted molar refractivity (Wildman–Crippen MR) is 59.8 cm³/mol. The minimum absolute atomic E-state index is 0.141. The van der Waals surface area contributed by atoms with Crippen LogP contribution in [0.3, 0.4) is 0 Å². The van der Waals surface area contributed by atoms with Crippen molar-refractivity contribution in [1.82, 2.24) is 15.8 Å². The molecule has 0 aliphatic carbocycles. The van der Waals surface area contributed by atoms with Crippen molar-refractivity contribution in [1.29, 1.82) is 0 Å². The summed E-state index contributed by atoms with van der Waals surface area (Å²) in [6.07, 6.45) is 1.65. The Labute approximate surface area is 103 Å². The Morgan fingerprint density at radius 3 is 2.94 bits per heavy atom. The average molecular weight is 257 g/mol. The minimum atomic E-state index is -1.11. The number of aliphatic carboxylic acids is 1. The van der Waals surface area contributed by atoms with Gasteiger partial charge in [0, 0.05) is 26.2 Å². The molecule has 2 amide bonds. The Balaban J connectivity index is 2.34. The van der Waals surface area contributed by atoms with E-state index in [2.05, 4.69) is 15.8 Å². The van der Waals surface area contributed by atoms with Crippen LogP contribution in [0.25, 0.3) is 0 Å². The maximum Gasteiger partial charge on any atom is 0.326 e. The van der Waals surface area contributed by atoms with E-state index in [9.17, 15) is 9.59 Å². The molecular formula is C10H15N3O5. The lowest BCUT2D eigenvalue weighted by Crippen LogP contribution is -2.46. The van der Waals surface area contributed by atoms with Crippen LogP contribution in [-0.2, 0) is 16.1 Å². The molecule has 100 valence electrons. The van der Waals surface area contributed by atoms with Gasteiger partial charge < -0.3 is 25.0 Å². The molecule has 0 saturated heterocycles. The quantitative estimate of drug-likeness (QED) is 0.631. The van der Waals surface area contributed by atoms with Crippen LogP contribution in [0.4, 0.5) is 4.79 Å². The Kier molecular flexibility index (Phi) is 5.65. The molecule has 0 spiro atoms. The third-order valence-electron chi connectivity index (χ3n) is 2.13. The van der Waals surface area contributed by atoms with E-state index in [1.165, 1.54) is 13.3 Å². The lowest BCUT2D eigenvalue weighted by molar-refractivity contribution is -0.139. The first kappa shape index (κ1) is 14.0. The van der Waals surface area contributed by atoms with Gasteiger partial charge in [-0.3, -0.25) is 0 Å². The second kappa shape index (κ2) is 7.28. The van der Waals surface area contributed by atoms with Crippen LogP contribution in [-0.4, -0.2) is 42.0 Å². The van der Waals surface area contributed by atoms with Crippen molar-refractivity contribution in [3.8, 4) is 0 Å². The van der Waals surface area contributed by atoms with Gasteiger partial charge in [0.25, 0.3) is 0 Å². The molecular weight excluding hydrogens is 242 g/mol. The average Bonchev–Trinajstić information content (AvgIpc) is 2.84. The van der Waals surface area contributed by atoms with Gasteiger partial charge in [-0.25, -0.2) is 9.59 Å². The van der Waals surface area contributed by atoms with E-state index in [-0.39, 0.29) is 19.6 Å². The summed E-state index contributed by atoms with van der Waals surface area (Å²) in [4.78, 5) is 22.3. The fourth-order valence-corrected chi connectivity index (χ4v) is 1.20. The molecule has 18 heavy (non-hydrogen) atoms. The van der Waals surface area contributed by atoms with Gasteiger partial charge in [-0.1, -0.05) is 5.16 Å². The number of ether oxygens (including phenoxy) is 1. The molecule has 3 N–H and O–H groups in total. The zero-order valence-corrected chi connectivity index (χ0v) is 9.88. The summed E-state index contributed by atoms with van der Waals surface area (Å²) in [7, 11) is 1.46. The lowest BCUT2D eigenvalue weighted by Gasteiger charge is -2.14.